The maximum absolute atomic E-state index is 13.2. The van der Waals surface area contributed by atoms with Crippen LogP contribution >= 0.6 is 0 Å². The summed E-state index contributed by atoms with van der Waals surface area (Å²) < 4.78 is 24.4. The fourth-order valence-electron chi connectivity index (χ4n) is 2.49. The van der Waals surface area contributed by atoms with E-state index in [9.17, 15) is 14.0 Å². The molecule has 0 fully saturated rings. The number of hydrazine groups is 1. The number of para-hydroxylation sites is 2. The van der Waals surface area contributed by atoms with Gasteiger partial charge in [0, 0.05) is 5.56 Å². The summed E-state index contributed by atoms with van der Waals surface area (Å²) in [7, 11) is 0. The number of ether oxygens (including phenoxy) is 2. The minimum absolute atomic E-state index is 0.0906. The second kappa shape index (κ2) is 9.89. The summed E-state index contributed by atoms with van der Waals surface area (Å²) >= 11 is 0. The Labute approximate surface area is 167 Å². The molecule has 0 aromatic heterocycles. The maximum Gasteiger partial charge on any atom is 0.273 e. The van der Waals surface area contributed by atoms with E-state index in [0.29, 0.717) is 12.4 Å². The van der Waals surface area contributed by atoms with Crippen molar-refractivity contribution in [2.45, 2.75) is 0 Å². The third kappa shape index (κ3) is 5.80. The van der Waals surface area contributed by atoms with Crippen molar-refractivity contribution >= 4 is 11.8 Å². The van der Waals surface area contributed by atoms with Gasteiger partial charge in [-0.1, -0.05) is 36.4 Å². The minimum atomic E-state index is -0.632. The number of amides is 2. The molecule has 0 aliphatic carbocycles. The number of hydrogen-bond donors (Lipinski definition) is 2. The molecule has 2 amide bonds. The lowest BCUT2D eigenvalue weighted by atomic mass is 10.2. The van der Waals surface area contributed by atoms with Gasteiger partial charge in [-0.25, -0.2) is 4.39 Å². The summed E-state index contributed by atoms with van der Waals surface area (Å²) in [5.41, 5.74) is 4.89. The molecule has 0 aliphatic rings. The first-order valence-corrected chi connectivity index (χ1v) is 8.89. The van der Waals surface area contributed by atoms with Crippen LogP contribution in [0.3, 0.4) is 0 Å². The van der Waals surface area contributed by atoms with Crippen LogP contribution in [0.1, 0.15) is 20.7 Å². The van der Waals surface area contributed by atoms with Crippen LogP contribution in [0.5, 0.6) is 11.5 Å². The zero-order chi connectivity index (χ0) is 20.5. The molecule has 0 aliphatic heterocycles. The van der Waals surface area contributed by atoms with Crippen LogP contribution in [0.4, 0.5) is 4.39 Å². The largest absolute Gasteiger partial charge is 0.490 e. The summed E-state index contributed by atoms with van der Waals surface area (Å²) in [5, 5.41) is 0. The van der Waals surface area contributed by atoms with Crippen molar-refractivity contribution in [3.05, 3.63) is 95.8 Å². The number of carbonyl (C=O) groups excluding carboxylic acids is 2. The average Bonchev–Trinajstić information content (AvgIpc) is 2.76. The van der Waals surface area contributed by atoms with Crippen molar-refractivity contribution in [2.75, 3.05) is 13.2 Å². The Morgan fingerprint density at radius 2 is 1.45 bits per heavy atom. The highest BCUT2D eigenvalue weighted by molar-refractivity contribution is 6.00. The normalized spacial score (nSPS) is 10.1. The van der Waals surface area contributed by atoms with Crippen LogP contribution in [-0.2, 0) is 0 Å². The second-order valence-corrected chi connectivity index (χ2v) is 5.92. The molecule has 7 heteroatoms. The first-order chi connectivity index (χ1) is 14.1. The van der Waals surface area contributed by atoms with E-state index in [-0.39, 0.29) is 17.7 Å². The molecular weight excluding hydrogens is 375 g/mol. The second-order valence-electron chi connectivity index (χ2n) is 5.92. The van der Waals surface area contributed by atoms with Crippen molar-refractivity contribution in [1.29, 1.82) is 0 Å². The molecule has 0 saturated heterocycles. The third-order valence-electron chi connectivity index (χ3n) is 3.86. The zero-order valence-corrected chi connectivity index (χ0v) is 15.4. The molecule has 2 N–H and O–H groups in total. The Morgan fingerprint density at radius 1 is 0.759 bits per heavy atom. The van der Waals surface area contributed by atoms with Gasteiger partial charge in [0.15, 0.2) is 0 Å². The van der Waals surface area contributed by atoms with Gasteiger partial charge in [0.1, 0.15) is 30.5 Å². The lowest BCUT2D eigenvalue weighted by Crippen LogP contribution is -2.41. The zero-order valence-electron chi connectivity index (χ0n) is 15.4. The highest BCUT2D eigenvalue weighted by Crippen LogP contribution is 2.18. The number of nitrogens with one attached hydrogen (secondary N) is 2. The Kier molecular flexibility index (Phi) is 6.78. The molecule has 3 rings (SSSR count). The van der Waals surface area contributed by atoms with E-state index in [4.69, 9.17) is 9.47 Å². The van der Waals surface area contributed by atoms with E-state index in [1.807, 2.05) is 30.3 Å². The highest BCUT2D eigenvalue weighted by Gasteiger charge is 2.14. The molecule has 0 heterocycles. The fourth-order valence-corrected chi connectivity index (χ4v) is 2.49. The van der Waals surface area contributed by atoms with Gasteiger partial charge < -0.3 is 9.47 Å². The van der Waals surface area contributed by atoms with Crippen LogP contribution < -0.4 is 20.3 Å². The van der Waals surface area contributed by atoms with Crippen molar-refractivity contribution in [1.82, 2.24) is 10.9 Å². The summed E-state index contributed by atoms with van der Waals surface area (Å²) in [4.78, 5) is 24.4. The molecule has 0 radical (unpaired) electrons. The smallest absolute Gasteiger partial charge is 0.273 e. The van der Waals surface area contributed by atoms with Gasteiger partial charge in [0.05, 0.1) is 5.56 Å². The first-order valence-electron chi connectivity index (χ1n) is 8.89. The fraction of sp³-hybridized carbons (Fsp3) is 0.0909. The van der Waals surface area contributed by atoms with E-state index in [1.54, 1.807) is 24.3 Å². The van der Waals surface area contributed by atoms with Crippen LogP contribution in [0, 0.1) is 5.82 Å². The maximum atomic E-state index is 13.2. The molecule has 0 spiro atoms. The predicted molar refractivity (Wildman–Crippen MR) is 105 cm³/mol. The van der Waals surface area contributed by atoms with Crippen LogP contribution in [-0.4, -0.2) is 25.0 Å². The van der Waals surface area contributed by atoms with Crippen molar-refractivity contribution in [3.8, 4) is 11.5 Å². The van der Waals surface area contributed by atoms with E-state index < -0.39 is 17.6 Å². The Bertz CT molecular complexity index is 979. The predicted octanol–water partition coefficient (Wildman–Crippen LogP) is 3.36. The van der Waals surface area contributed by atoms with Crippen molar-refractivity contribution in [3.63, 3.8) is 0 Å². The summed E-state index contributed by atoms with van der Waals surface area (Å²) in [6, 6.07) is 21.1. The molecule has 0 bridgehead atoms. The molecule has 3 aromatic rings. The van der Waals surface area contributed by atoms with E-state index in [1.165, 1.54) is 18.2 Å². The number of benzene rings is 3. The molecule has 0 saturated carbocycles. The molecule has 0 atom stereocenters. The monoisotopic (exact) mass is 394 g/mol. The van der Waals surface area contributed by atoms with Crippen molar-refractivity contribution in [2.24, 2.45) is 0 Å². The van der Waals surface area contributed by atoms with Gasteiger partial charge in [-0.05, 0) is 42.5 Å². The average molecular weight is 394 g/mol. The Balaban J connectivity index is 1.53. The quantitative estimate of drug-likeness (QED) is 0.476. The summed E-state index contributed by atoms with van der Waals surface area (Å²) in [6.45, 7) is 0.533. The van der Waals surface area contributed by atoms with Gasteiger partial charge in [-0.2, -0.15) is 0 Å². The molecule has 148 valence electrons. The van der Waals surface area contributed by atoms with E-state index >= 15 is 0 Å². The SMILES string of the molecule is O=C(NNC(=O)c1ccccc1OCCOc1ccccc1)c1cccc(F)c1. The molecule has 6 nitrogen and oxygen atoms in total. The lowest BCUT2D eigenvalue weighted by molar-refractivity contribution is 0.0843. The van der Waals surface area contributed by atoms with E-state index in [0.717, 1.165) is 11.8 Å². The van der Waals surface area contributed by atoms with Crippen LogP contribution in [0.15, 0.2) is 78.9 Å². The summed E-state index contributed by atoms with van der Waals surface area (Å²) in [5.74, 6) is -0.661. The van der Waals surface area contributed by atoms with Gasteiger partial charge in [0.25, 0.3) is 11.8 Å². The lowest BCUT2D eigenvalue weighted by Gasteiger charge is -2.13. The highest BCUT2D eigenvalue weighted by atomic mass is 19.1. The van der Waals surface area contributed by atoms with Gasteiger partial charge in [-0.15, -0.1) is 0 Å². The Morgan fingerprint density at radius 3 is 2.24 bits per heavy atom. The Hall–Kier alpha value is -3.87. The molecule has 3 aromatic carbocycles. The van der Waals surface area contributed by atoms with Gasteiger partial charge >= 0.3 is 0 Å². The standard InChI is InChI=1S/C22H19FN2O4/c23-17-8-6-7-16(15-17)21(26)24-25-22(27)19-11-4-5-12-20(19)29-14-13-28-18-9-2-1-3-10-18/h1-12,15H,13-14H2,(H,24,26)(H,25,27). The number of hydrogen-bond acceptors (Lipinski definition) is 4. The minimum Gasteiger partial charge on any atom is -0.490 e. The van der Waals surface area contributed by atoms with Gasteiger partial charge in [-0.3, -0.25) is 20.4 Å². The molecule has 0 unspecified atom stereocenters. The van der Waals surface area contributed by atoms with Crippen LogP contribution in [0.25, 0.3) is 0 Å². The number of rotatable bonds is 7. The number of carbonyl (C=O) groups is 2. The topological polar surface area (TPSA) is 76.7 Å². The summed E-state index contributed by atoms with van der Waals surface area (Å²) in [6.07, 6.45) is 0. The van der Waals surface area contributed by atoms with E-state index in [2.05, 4.69) is 10.9 Å². The first kappa shape index (κ1) is 19.9. The van der Waals surface area contributed by atoms with Gasteiger partial charge in [0.2, 0.25) is 0 Å². The van der Waals surface area contributed by atoms with Crippen LogP contribution in [0.2, 0.25) is 0 Å². The molecule has 29 heavy (non-hydrogen) atoms. The third-order valence-corrected chi connectivity index (χ3v) is 3.86. The number of halogens is 1. The van der Waals surface area contributed by atoms with Crippen molar-refractivity contribution < 1.29 is 23.5 Å². The molecular formula is C22H19FN2O4.